The lowest BCUT2D eigenvalue weighted by Gasteiger charge is -2.22. The van der Waals surface area contributed by atoms with Gasteiger partial charge in [-0.25, -0.2) is 5.43 Å². The Labute approximate surface area is 167 Å². The van der Waals surface area contributed by atoms with Gasteiger partial charge in [0.25, 0.3) is 0 Å². The van der Waals surface area contributed by atoms with Crippen LogP contribution in [0.15, 0.2) is 71.8 Å². The maximum absolute atomic E-state index is 12.6. The van der Waals surface area contributed by atoms with E-state index >= 15 is 0 Å². The van der Waals surface area contributed by atoms with Crippen LogP contribution in [0.25, 0.3) is 10.8 Å². The van der Waals surface area contributed by atoms with E-state index in [0.29, 0.717) is 23.9 Å². The SMILES string of the molecule is NC1(C(=O)NCc2cccc3ccccc23)NN=C(Cc2ccccc2Cl)O1. The van der Waals surface area contributed by atoms with E-state index in [2.05, 4.69) is 15.8 Å². The number of fused-ring (bicyclic) bond motifs is 1. The van der Waals surface area contributed by atoms with Gasteiger partial charge in [0, 0.05) is 11.6 Å². The molecule has 1 atom stereocenters. The molecule has 6 nitrogen and oxygen atoms in total. The largest absolute Gasteiger partial charge is 0.430 e. The molecule has 0 radical (unpaired) electrons. The molecule has 28 heavy (non-hydrogen) atoms. The molecule has 1 aliphatic heterocycles. The number of nitrogens with zero attached hydrogens (tertiary/aromatic N) is 1. The average molecular weight is 395 g/mol. The third kappa shape index (κ3) is 3.65. The second-order valence-corrected chi connectivity index (χ2v) is 6.95. The number of halogens is 1. The zero-order valence-corrected chi connectivity index (χ0v) is 15.7. The van der Waals surface area contributed by atoms with Crippen LogP contribution in [0.5, 0.6) is 0 Å². The van der Waals surface area contributed by atoms with Gasteiger partial charge in [0.05, 0.1) is 6.42 Å². The summed E-state index contributed by atoms with van der Waals surface area (Å²) in [7, 11) is 0. The fourth-order valence-corrected chi connectivity index (χ4v) is 3.31. The highest BCUT2D eigenvalue weighted by molar-refractivity contribution is 6.31. The number of carbonyl (C=O) groups is 1. The molecule has 142 valence electrons. The number of hydrazone groups is 1. The van der Waals surface area contributed by atoms with E-state index in [9.17, 15) is 4.79 Å². The minimum atomic E-state index is -1.75. The van der Waals surface area contributed by atoms with Crippen LogP contribution in [0.4, 0.5) is 0 Å². The van der Waals surface area contributed by atoms with E-state index in [0.717, 1.165) is 21.9 Å². The lowest BCUT2D eigenvalue weighted by Crippen LogP contribution is -2.61. The highest BCUT2D eigenvalue weighted by Crippen LogP contribution is 2.20. The molecule has 7 heteroatoms. The molecule has 0 saturated carbocycles. The van der Waals surface area contributed by atoms with Crippen molar-refractivity contribution < 1.29 is 9.53 Å². The summed E-state index contributed by atoms with van der Waals surface area (Å²) in [6.45, 7) is 0.323. The van der Waals surface area contributed by atoms with Crippen LogP contribution in [0, 0.1) is 0 Å². The number of nitrogens with one attached hydrogen (secondary N) is 2. The van der Waals surface area contributed by atoms with Crippen LogP contribution >= 0.6 is 11.6 Å². The van der Waals surface area contributed by atoms with Crippen molar-refractivity contribution in [2.45, 2.75) is 18.8 Å². The smallest absolute Gasteiger partial charge is 0.333 e. The lowest BCUT2D eigenvalue weighted by atomic mass is 10.0. The third-order valence-electron chi connectivity index (χ3n) is 4.58. The summed E-state index contributed by atoms with van der Waals surface area (Å²) in [6.07, 6.45) is 0.336. The molecule has 1 aliphatic rings. The first-order valence-corrected chi connectivity index (χ1v) is 9.23. The molecule has 0 aliphatic carbocycles. The van der Waals surface area contributed by atoms with Gasteiger partial charge in [0.15, 0.2) is 0 Å². The van der Waals surface area contributed by atoms with Crippen LogP contribution < -0.4 is 16.5 Å². The number of hydrogen-bond donors (Lipinski definition) is 3. The predicted octanol–water partition coefficient (Wildman–Crippen LogP) is 2.90. The Balaban J connectivity index is 1.40. The second kappa shape index (κ2) is 7.50. The minimum Gasteiger partial charge on any atom is -0.430 e. The number of hydrogen-bond acceptors (Lipinski definition) is 5. The monoisotopic (exact) mass is 394 g/mol. The first-order chi connectivity index (χ1) is 13.5. The van der Waals surface area contributed by atoms with Gasteiger partial charge in [-0.15, -0.1) is 5.10 Å². The van der Waals surface area contributed by atoms with Crippen molar-refractivity contribution in [2.75, 3.05) is 0 Å². The third-order valence-corrected chi connectivity index (χ3v) is 4.95. The molecule has 3 aromatic carbocycles. The molecule has 0 saturated heterocycles. The van der Waals surface area contributed by atoms with Crippen molar-refractivity contribution in [1.29, 1.82) is 0 Å². The molecule has 1 unspecified atom stereocenters. The Morgan fingerprint density at radius 3 is 2.64 bits per heavy atom. The summed E-state index contributed by atoms with van der Waals surface area (Å²) in [5.74, 6) is -1.95. The van der Waals surface area contributed by atoms with Gasteiger partial charge in [0.2, 0.25) is 5.90 Å². The van der Waals surface area contributed by atoms with Gasteiger partial charge in [0.1, 0.15) is 0 Å². The molecule has 4 rings (SSSR count). The second-order valence-electron chi connectivity index (χ2n) is 6.54. The fraction of sp³-hybridized carbons (Fsp3) is 0.143. The summed E-state index contributed by atoms with van der Waals surface area (Å²) in [4.78, 5) is 12.6. The molecule has 0 bridgehead atoms. The van der Waals surface area contributed by atoms with E-state index < -0.39 is 11.8 Å². The van der Waals surface area contributed by atoms with Crippen LogP contribution in [0.2, 0.25) is 5.02 Å². The Morgan fingerprint density at radius 1 is 1.07 bits per heavy atom. The van der Waals surface area contributed by atoms with Gasteiger partial charge < -0.3 is 10.1 Å². The van der Waals surface area contributed by atoms with Gasteiger partial charge in [-0.2, -0.15) is 0 Å². The molecular formula is C21H19ClN4O2. The highest BCUT2D eigenvalue weighted by atomic mass is 35.5. The van der Waals surface area contributed by atoms with Crippen LogP contribution in [-0.2, 0) is 22.5 Å². The van der Waals surface area contributed by atoms with Gasteiger partial charge >= 0.3 is 11.8 Å². The Bertz CT molecular complexity index is 1060. The standard InChI is InChI=1S/C21H19ClN4O2/c22-18-11-4-2-7-15(18)12-19-25-26-21(23,28-19)20(27)24-13-16-9-5-8-14-6-1-3-10-17(14)16/h1-11,26H,12-13,23H2,(H,24,27). The number of amides is 1. The van der Waals surface area contributed by atoms with Gasteiger partial charge in [-0.05, 0) is 28.0 Å². The molecule has 0 aromatic heterocycles. The average Bonchev–Trinajstić information content (AvgIpc) is 3.10. The van der Waals surface area contributed by atoms with Crippen molar-refractivity contribution in [1.82, 2.24) is 10.7 Å². The highest BCUT2D eigenvalue weighted by Gasteiger charge is 2.41. The van der Waals surface area contributed by atoms with E-state index in [1.165, 1.54) is 0 Å². The maximum atomic E-state index is 12.6. The zero-order chi connectivity index (χ0) is 19.6. The molecule has 0 fully saturated rings. The van der Waals surface area contributed by atoms with Crippen LogP contribution in [0.3, 0.4) is 0 Å². The Morgan fingerprint density at radius 2 is 1.79 bits per heavy atom. The van der Waals surface area contributed by atoms with Crippen molar-refractivity contribution in [3.05, 3.63) is 82.9 Å². The predicted molar refractivity (Wildman–Crippen MR) is 110 cm³/mol. The number of ether oxygens (including phenoxy) is 1. The van der Waals surface area contributed by atoms with Crippen molar-refractivity contribution in [2.24, 2.45) is 10.8 Å². The molecule has 4 N–H and O–H groups in total. The van der Waals surface area contributed by atoms with E-state index in [1.807, 2.05) is 60.7 Å². The first-order valence-electron chi connectivity index (χ1n) is 8.85. The van der Waals surface area contributed by atoms with E-state index in [4.69, 9.17) is 22.1 Å². The molecule has 1 heterocycles. The lowest BCUT2D eigenvalue weighted by molar-refractivity contribution is -0.139. The Hall–Kier alpha value is -3.09. The normalized spacial score (nSPS) is 18.3. The first kappa shape index (κ1) is 18.3. The van der Waals surface area contributed by atoms with Crippen molar-refractivity contribution in [3.8, 4) is 0 Å². The fourth-order valence-electron chi connectivity index (χ4n) is 3.11. The van der Waals surface area contributed by atoms with Crippen molar-refractivity contribution >= 4 is 34.2 Å². The summed E-state index contributed by atoms with van der Waals surface area (Å²) >= 11 is 6.16. The number of rotatable bonds is 5. The number of benzene rings is 3. The molecular weight excluding hydrogens is 376 g/mol. The van der Waals surface area contributed by atoms with E-state index in [-0.39, 0.29) is 0 Å². The minimum absolute atomic E-state index is 0.302. The van der Waals surface area contributed by atoms with Crippen LogP contribution in [-0.4, -0.2) is 17.7 Å². The van der Waals surface area contributed by atoms with E-state index in [1.54, 1.807) is 6.07 Å². The molecule has 0 spiro atoms. The van der Waals surface area contributed by atoms with Crippen LogP contribution in [0.1, 0.15) is 11.1 Å². The topological polar surface area (TPSA) is 88.7 Å². The number of nitrogens with two attached hydrogens (primary N) is 1. The maximum Gasteiger partial charge on any atom is 0.333 e. The van der Waals surface area contributed by atoms with Crippen molar-refractivity contribution in [3.63, 3.8) is 0 Å². The Kier molecular flexibility index (Phi) is 4.90. The molecule has 3 aromatic rings. The van der Waals surface area contributed by atoms with Gasteiger partial charge in [-0.1, -0.05) is 72.3 Å². The number of carbonyl (C=O) groups excluding carboxylic acids is 1. The summed E-state index contributed by atoms with van der Waals surface area (Å²) < 4.78 is 5.59. The van der Waals surface area contributed by atoms with Gasteiger partial charge in [-0.3, -0.25) is 10.5 Å². The zero-order valence-electron chi connectivity index (χ0n) is 15.0. The quantitative estimate of drug-likeness (QED) is 0.620. The molecule has 1 amide bonds. The summed E-state index contributed by atoms with van der Waals surface area (Å²) in [6, 6.07) is 21.3. The summed E-state index contributed by atoms with van der Waals surface area (Å²) in [5.41, 5.74) is 10.5. The summed E-state index contributed by atoms with van der Waals surface area (Å²) in [5, 5.41) is 9.66.